The number of carbonyl (C=O) groups excluding carboxylic acids is 3. The number of carboxylic acid groups (broad SMARTS) is 2. The van der Waals surface area contributed by atoms with Gasteiger partial charge in [-0.1, -0.05) is 6.58 Å². The van der Waals surface area contributed by atoms with Crippen LogP contribution >= 0.6 is 0 Å². The van der Waals surface area contributed by atoms with Gasteiger partial charge in [-0.05, 0) is 12.8 Å². The number of hydrogen-bond donors (Lipinski definition) is 7. The molecule has 15 heteroatoms. The van der Waals surface area contributed by atoms with E-state index in [1.807, 2.05) is 0 Å². The Hall–Kier alpha value is -0.910. The molecule has 0 aliphatic heterocycles. The summed E-state index contributed by atoms with van der Waals surface area (Å²) in [5.74, 6) is -3.15. The zero-order chi connectivity index (χ0) is 26.5. The van der Waals surface area contributed by atoms with E-state index in [0.717, 1.165) is 6.08 Å². The van der Waals surface area contributed by atoms with Gasteiger partial charge in [0.25, 0.3) is 0 Å². The first-order valence-corrected chi connectivity index (χ1v) is 9.52. The third-order valence-corrected chi connectivity index (χ3v) is 4.16. The van der Waals surface area contributed by atoms with E-state index in [4.69, 9.17) is 41.1 Å². The van der Waals surface area contributed by atoms with Gasteiger partial charge in [0, 0.05) is 18.1 Å². The molecule has 0 saturated heterocycles. The SMILES string of the molecule is C=CC(=O)OC.NC(CCC(=O)[O-])C(=O)[O-].OCC(CO)(CO)COCC(CO)(CO)CO.[Ca+2]. The number of aliphatic carboxylic acids is 2. The largest absolute Gasteiger partial charge is 2.00 e. The minimum atomic E-state index is -1.44. The van der Waals surface area contributed by atoms with E-state index in [1.54, 1.807) is 0 Å². The Labute approximate surface area is 227 Å². The molecule has 0 rings (SSSR count). The molecule has 0 aliphatic rings. The predicted molar refractivity (Wildman–Crippen MR) is 113 cm³/mol. The van der Waals surface area contributed by atoms with Crippen LogP contribution in [0.25, 0.3) is 0 Å². The van der Waals surface area contributed by atoms with Gasteiger partial charge in [0.05, 0.1) is 76.8 Å². The number of carbonyl (C=O) groups is 3. The molecule has 1 unspecified atom stereocenters. The van der Waals surface area contributed by atoms with Crippen molar-refractivity contribution >= 4 is 55.6 Å². The van der Waals surface area contributed by atoms with E-state index in [0.29, 0.717) is 0 Å². The standard InChI is InChI=1S/C10H22O7.C5H9NO4.C4H6O2.Ca/c11-1-9(2-12,3-13)7-17-8-10(4-14,5-15)6-16;6-3(5(9)10)1-2-4(7)8;1-3-4(5)6-2;/h11-16H,1-8H2;3H,1-2,6H2,(H,7,8)(H,9,10);3H,1H2,2H3;/q;;;+2/p-2. The number of aliphatic hydroxyl groups is 6. The number of esters is 1. The molecule has 1 atom stereocenters. The fraction of sp³-hybridized carbons (Fsp3) is 0.737. The summed E-state index contributed by atoms with van der Waals surface area (Å²) in [7, 11) is 1.31. The Morgan fingerprint density at radius 2 is 1.26 bits per heavy atom. The molecule has 0 aliphatic carbocycles. The van der Waals surface area contributed by atoms with Gasteiger partial charge < -0.3 is 65.6 Å². The summed E-state index contributed by atoms with van der Waals surface area (Å²) in [5.41, 5.74) is 2.59. The monoisotopic (exact) mass is 525 g/mol. The molecule has 0 aromatic rings. The summed E-state index contributed by atoms with van der Waals surface area (Å²) in [6.45, 7) is 0.152. The minimum absolute atomic E-state index is 0. The molecule has 0 saturated carbocycles. The van der Waals surface area contributed by atoms with Gasteiger partial charge in [-0.3, -0.25) is 0 Å². The molecule has 0 fully saturated rings. The van der Waals surface area contributed by atoms with E-state index in [-0.39, 0.29) is 63.8 Å². The van der Waals surface area contributed by atoms with Crippen LogP contribution in [-0.2, 0) is 23.9 Å². The molecule has 34 heavy (non-hydrogen) atoms. The van der Waals surface area contributed by atoms with E-state index in [2.05, 4.69) is 11.3 Å². The van der Waals surface area contributed by atoms with Gasteiger partial charge in [-0.25, -0.2) is 4.79 Å². The van der Waals surface area contributed by atoms with Gasteiger partial charge in [0.2, 0.25) is 0 Å². The van der Waals surface area contributed by atoms with Crippen LogP contribution in [0, 0.1) is 10.8 Å². The molecule has 0 heterocycles. The molecule has 8 N–H and O–H groups in total. The fourth-order valence-electron chi connectivity index (χ4n) is 1.53. The average molecular weight is 526 g/mol. The van der Waals surface area contributed by atoms with Crippen LogP contribution < -0.4 is 15.9 Å². The maximum absolute atomic E-state index is 9.86. The van der Waals surface area contributed by atoms with Crippen molar-refractivity contribution < 1.29 is 64.7 Å². The smallest absolute Gasteiger partial charge is 0.550 e. The molecule has 0 bridgehead atoms. The van der Waals surface area contributed by atoms with Crippen LogP contribution in [0.1, 0.15) is 12.8 Å². The Kier molecular flexibility index (Phi) is 28.2. The van der Waals surface area contributed by atoms with Crippen LogP contribution in [0.3, 0.4) is 0 Å². The number of hydrogen-bond acceptors (Lipinski definition) is 14. The topological polar surface area (TPSA) is 263 Å². The molecule has 0 amide bonds. The first kappa shape index (κ1) is 40.3. The van der Waals surface area contributed by atoms with Gasteiger partial charge >= 0.3 is 43.7 Å². The van der Waals surface area contributed by atoms with Gasteiger partial charge in [-0.15, -0.1) is 0 Å². The quantitative estimate of drug-likeness (QED) is 0.0595. The van der Waals surface area contributed by atoms with Crippen LogP contribution in [0.5, 0.6) is 0 Å². The van der Waals surface area contributed by atoms with E-state index < -0.39 is 74.4 Å². The zero-order valence-electron chi connectivity index (χ0n) is 19.3. The second kappa shape index (κ2) is 23.8. The fourth-order valence-corrected chi connectivity index (χ4v) is 1.53. The maximum atomic E-state index is 9.86. The molecule has 0 radical (unpaired) electrons. The maximum Gasteiger partial charge on any atom is 2.00 e. The molecule has 0 spiro atoms. The van der Waals surface area contributed by atoms with Crippen LogP contribution in [-0.4, -0.2) is 152 Å². The summed E-state index contributed by atoms with van der Waals surface area (Å²) < 4.78 is 9.29. The number of methoxy groups -OCH3 is 1. The second-order valence-electron chi connectivity index (χ2n) is 7.00. The predicted octanol–water partition coefficient (Wildman–Crippen LogP) is -6.51. The first-order valence-electron chi connectivity index (χ1n) is 9.52. The molecule has 0 aromatic heterocycles. The Morgan fingerprint density at radius 1 is 0.912 bits per heavy atom. The Balaban J connectivity index is -0.000000224. The minimum Gasteiger partial charge on any atom is -0.550 e. The van der Waals surface area contributed by atoms with Crippen molar-refractivity contribution in [2.75, 3.05) is 60.0 Å². The van der Waals surface area contributed by atoms with Crippen LogP contribution in [0.15, 0.2) is 12.7 Å². The van der Waals surface area contributed by atoms with E-state index in [9.17, 15) is 24.6 Å². The molecular weight excluding hydrogens is 490 g/mol. The number of carboxylic acids is 2. The van der Waals surface area contributed by atoms with E-state index >= 15 is 0 Å². The van der Waals surface area contributed by atoms with Crippen molar-refractivity contribution in [2.24, 2.45) is 16.6 Å². The van der Waals surface area contributed by atoms with Crippen molar-refractivity contribution in [3.63, 3.8) is 0 Å². The number of aliphatic hydroxyl groups excluding tert-OH is 6. The molecule has 196 valence electrons. The summed E-state index contributed by atoms with van der Waals surface area (Å²) in [5, 5.41) is 73.8. The van der Waals surface area contributed by atoms with Crippen molar-refractivity contribution in [2.45, 2.75) is 18.9 Å². The van der Waals surface area contributed by atoms with Gasteiger partial charge in [0.15, 0.2) is 0 Å². The number of rotatable bonds is 15. The summed E-state index contributed by atoms with van der Waals surface area (Å²) in [6.07, 6.45) is 0.611. The third-order valence-electron chi connectivity index (χ3n) is 4.16. The van der Waals surface area contributed by atoms with E-state index in [1.165, 1.54) is 7.11 Å². The molecule has 14 nitrogen and oxygen atoms in total. The second-order valence-corrected chi connectivity index (χ2v) is 7.00. The van der Waals surface area contributed by atoms with Crippen molar-refractivity contribution in [1.82, 2.24) is 0 Å². The van der Waals surface area contributed by atoms with Gasteiger partial charge in [0.1, 0.15) is 0 Å². The normalized spacial score (nSPS) is 11.4. The number of ether oxygens (including phenoxy) is 2. The average Bonchev–Trinajstić information content (AvgIpc) is 2.83. The molecule has 0 aromatic carbocycles. The van der Waals surface area contributed by atoms with Crippen molar-refractivity contribution in [1.29, 1.82) is 0 Å². The number of nitrogens with two attached hydrogens (primary N) is 1. The molecular formula is C19H35CaNO13. The van der Waals surface area contributed by atoms with Crippen molar-refractivity contribution in [3.05, 3.63) is 12.7 Å². The van der Waals surface area contributed by atoms with Crippen molar-refractivity contribution in [3.8, 4) is 0 Å². The third kappa shape index (κ3) is 19.4. The Bertz CT molecular complexity index is 518. The first-order chi connectivity index (χ1) is 15.4. The van der Waals surface area contributed by atoms with Crippen LogP contribution in [0.4, 0.5) is 0 Å². The zero-order valence-corrected chi connectivity index (χ0v) is 21.5. The Morgan fingerprint density at radius 3 is 1.44 bits per heavy atom. The summed E-state index contributed by atoms with van der Waals surface area (Å²) >= 11 is 0. The summed E-state index contributed by atoms with van der Waals surface area (Å²) in [4.78, 5) is 29.4. The van der Waals surface area contributed by atoms with Crippen LogP contribution in [0.2, 0.25) is 0 Å². The summed E-state index contributed by atoms with van der Waals surface area (Å²) in [6, 6.07) is -1.21. The van der Waals surface area contributed by atoms with Gasteiger partial charge in [-0.2, -0.15) is 0 Å².